The Labute approximate surface area is 126 Å². The van der Waals surface area contributed by atoms with E-state index in [9.17, 15) is 0 Å². The Hall–Kier alpha value is -1.21. The van der Waals surface area contributed by atoms with Gasteiger partial charge in [-0.2, -0.15) is 0 Å². The molecular weight excluding hydrogens is 276 g/mol. The van der Waals surface area contributed by atoms with E-state index in [2.05, 4.69) is 11.8 Å². The maximum atomic E-state index is 5.69. The highest BCUT2D eigenvalue weighted by Crippen LogP contribution is 2.19. The average Bonchev–Trinajstić information content (AvgIpc) is 2.45. The lowest BCUT2D eigenvalue weighted by Gasteiger charge is -2.09. The molecule has 0 aromatic heterocycles. The van der Waals surface area contributed by atoms with E-state index < -0.39 is 0 Å². The van der Waals surface area contributed by atoms with Crippen LogP contribution in [0.5, 0.6) is 5.75 Å². The van der Waals surface area contributed by atoms with Gasteiger partial charge in [-0.1, -0.05) is 17.9 Å². The summed E-state index contributed by atoms with van der Waals surface area (Å²) in [6.45, 7) is 4.49. The Bertz CT molecular complexity index is 449. The molecule has 20 heavy (non-hydrogen) atoms. The second-order valence-electron chi connectivity index (χ2n) is 4.24. The van der Waals surface area contributed by atoms with Crippen molar-refractivity contribution in [3.8, 4) is 17.6 Å². The van der Waals surface area contributed by atoms with Crippen molar-refractivity contribution in [1.29, 1.82) is 0 Å². The zero-order valence-corrected chi connectivity index (χ0v) is 12.8. The topological polar surface area (TPSA) is 27.7 Å². The molecule has 1 aromatic rings. The van der Waals surface area contributed by atoms with Crippen molar-refractivity contribution < 1.29 is 14.2 Å². The number of alkyl halides is 1. The number of aryl methyl sites for hydroxylation is 1. The minimum absolute atomic E-state index is 0.315. The van der Waals surface area contributed by atoms with Gasteiger partial charge in [-0.05, 0) is 31.0 Å². The summed E-state index contributed by atoms with van der Waals surface area (Å²) in [5, 5.41) is 0. The first-order chi connectivity index (χ1) is 9.77. The summed E-state index contributed by atoms with van der Waals surface area (Å²) in [4.78, 5) is 0. The van der Waals surface area contributed by atoms with Crippen molar-refractivity contribution in [1.82, 2.24) is 0 Å². The van der Waals surface area contributed by atoms with Crippen LogP contribution in [0.15, 0.2) is 18.2 Å². The van der Waals surface area contributed by atoms with Gasteiger partial charge >= 0.3 is 0 Å². The van der Waals surface area contributed by atoms with Gasteiger partial charge in [0.05, 0.1) is 18.1 Å². The Morgan fingerprint density at radius 3 is 2.75 bits per heavy atom. The molecule has 0 aliphatic carbocycles. The Morgan fingerprint density at radius 1 is 1.15 bits per heavy atom. The predicted molar refractivity (Wildman–Crippen MR) is 81.6 cm³/mol. The van der Waals surface area contributed by atoms with Gasteiger partial charge in [-0.25, -0.2) is 0 Å². The number of ether oxygens (including phenoxy) is 3. The van der Waals surface area contributed by atoms with Crippen LogP contribution in [0, 0.1) is 18.8 Å². The molecule has 0 heterocycles. The van der Waals surface area contributed by atoms with E-state index in [0.29, 0.717) is 25.7 Å². The van der Waals surface area contributed by atoms with Crippen LogP contribution in [-0.2, 0) is 9.47 Å². The lowest BCUT2D eigenvalue weighted by molar-refractivity contribution is 0.0806. The van der Waals surface area contributed by atoms with Crippen LogP contribution < -0.4 is 4.74 Å². The molecule has 0 N–H and O–H groups in total. The first-order valence-electron chi connectivity index (χ1n) is 6.63. The monoisotopic (exact) mass is 296 g/mol. The summed E-state index contributed by atoms with van der Waals surface area (Å²) in [5.41, 5.74) is 2.01. The average molecular weight is 297 g/mol. The number of rotatable bonds is 8. The van der Waals surface area contributed by atoms with Crippen LogP contribution in [0.4, 0.5) is 0 Å². The highest BCUT2D eigenvalue weighted by atomic mass is 35.5. The largest absolute Gasteiger partial charge is 0.490 e. The normalized spacial score (nSPS) is 9.95. The van der Waals surface area contributed by atoms with E-state index in [0.717, 1.165) is 29.9 Å². The van der Waals surface area contributed by atoms with E-state index in [-0.39, 0.29) is 0 Å². The van der Waals surface area contributed by atoms with Gasteiger partial charge in [0.2, 0.25) is 0 Å². The first kappa shape index (κ1) is 16.8. The Kier molecular flexibility index (Phi) is 8.90. The number of benzene rings is 1. The fourth-order valence-electron chi connectivity index (χ4n) is 1.61. The van der Waals surface area contributed by atoms with Crippen LogP contribution in [-0.4, -0.2) is 39.4 Å². The molecule has 0 unspecified atom stereocenters. The van der Waals surface area contributed by atoms with Crippen LogP contribution in [0.25, 0.3) is 0 Å². The van der Waals surface area contributed by atoms with E-state index in [4.69, 9.17) is 25.8 Å². The van der Waals surface area contributed by atoms with Crippen LogP contribution in [0.3, 0.4) is 0 Å². The second kappa shape index (κ2) is 10.6. The molecule has 0 saturated carbocycles. The highest BCUT2D eigenvalue weighted by molar-refractivity contribution is 6.19. The smallest absolute Gasteiger partial charge is 0.135 e. The lowest BCUT2D eigenvalue weighted by atomic mass is 10.1. The molecule has 110 valence electrons. The minimum Gasteiger partial charge on any atom is -0.490 e. The fraction of sp³-hybridized carbons (Fsp3) is 0.500. The van der Waals surface area contributed by atoms with Crippen molar-refractivity contribution >= 4 is 11.6 Å². The third-order valence-electron chi connectivity index (χ3n) is 2.55. The van der Waals surface area contributed by atoms with Crippen molar-refractivity contribution in [3.63, 3.8) is 0 Å². The zero-order chi connectivity index (χ0) is 14.6. The quantitative estimate of drug-likeness (QED) is 0.419. The van der Waals surface area contributed by atoms with Crippen LogP contribution in [0.1, 0.15) is 17.5 Å². The number of hydrogen-bond acceptors (Lipinski definition) is 3. The molecule has 4 heteroatoms. The summed E-state index contributed by atoms with van der Waals surface area (Å²) in [5.74, 6) is 6.94. The number of halogens is 1. The van der Waals surface area contributed by atoms with E-state index >= 15 is 0 Å². The minimum atomic E-state index is 0.315. The van der Waals surface area contributed by atoms with Gasteiger partial charge in [0, 0.05) is 20.3 Å². The van der Waals surface area contributed by atoms with Crippen molar-refractivity contribution in [2.24, 2.45) is 0 Å². The standard InChI is InChI=1S/C16H21ClO3/c1-14-6-7-16(15(13-14)5-3-8-17)20-12-11-19-10-4-9-18-2/h6-7,13H,4,8-12H2,1-2H3. The molecule has 0 spiro atoms. The van der Waals surface area contributed by atoms with Gasteiger partial charge in [0.25, 0.3) is 0 Å². The van der Waals surface area contributed by atoms with Gasteiger partial charge in [0.15, 0.2) is 0 Å². The molecule has 0 saturated heterocycles. The highest BCUT2D eigenvalue weighted by Gasteiger charge is 2.01. The molecule has 0 fully saturated rings. The van der Waals surface area contributed by atoms with Crippen LogP contribution in [0.2, 0.25) is 0 Å². The number of hydrogen-bond donors (Lipinski definition) is 0. The van der Waals surface area contributed by atoms with Crippen molar-refractivity contribution in [2.75, 3.05) is 39.4 Å². The molecule has 3 nitrogen and oxygen atoms in total. The maximum absolute atomic E-state index is 5.69. The van der Waals surface area contributed by atoms with Gasteiger partial charge < -0.3 is 14.2 Å². The van der Waals surface area contributed by atoms with Gasteiger partial charge in [-0.3, -0.25) is 0 Å². The van der Waals surface area contributed by atoms with Crippen LogP contribution >= 0.6 is 11.6 Å². The molecule has 1 aromatic carbocycles. The molecular formula is C16H21ClO3. The van der Waals surface area contributed by atoms with E-state index in [1.165, 1.54) is 0 Å². The SMILES string of the molecule is COCCCOCCOc1ccc(C)cc1C#CCCl. The molecule has 0 atom stereocenters. The van der Waals surface area contributed by atoms with Gasteiger partial charge in [0.1, 0.15) is 12.4 Å². The summed E-state index contributed by atoms with van der Waals surface area (Å²) in [6, 6.07) is 5.92. The van der Waals surface area contributed by atoms with Crippen molar-refractivity contribution in [3.05, 3.63) is 29.3 Å². The second-order valence-corrected chi connectivity index (χ2v) is 4.51. The first-order valence-corrected chi connectivity index (χ1v) is 7.16. The van der Waals surface area contributed by atoms with Crippen molar-refractivity contribution in [2.45, 2.75) is 13.3 Å². The molecule has 0 bridgehead atoms. The molecule has 0 amide bonds. The third kappa shape index (κ3) is 6.81. The molecule has 0 aliphatic rings. The molecule has 0 radical (unpaired) electrons. The molecule has 1 rings (SSSR count). The maximum Gasteiger partial charge on any atom is 0.135 e. The zero-order valence-electron chi connectivity index (χ0n) is 12.1. The third-order valence-corrected chi connectivity index (χ3v) is 2.68. The Balaban J connectivity index is 2.39. The summed E-state index contributed by atoms with van der Waals surface area (Å²) >= 11 is 5.59. The Morgan fingerprint density at radius 2 is 2.00 bits per heavy atom. The fourth-order valence-corrected chi connectivity index (χ4v) is 1.68. The summed E-state index contributed by atoms with van der Waals surface area (Å²) in [7, 11) is 1.68. The number of methoxy groups -OCH3 is 1. The molecule has 0 aliphatic heterocycles. The summed E-state index contributed by atoms with van der Waals surface area (Å²) in [6.07, 6.45) is 0.896. The predicted octanol–water partition coefficient (Wildman–Crippen LogP) is 3.02. The van der Waals surface area contributed by atoms with Gasteiger partial charge in [-0.15, -0.1) is 11.6 Å². The summed E-state index contributed by atoms with van der Waals surface area (Å²) < 4.78 is 16.1. The lowest BCUT2D eigenvalue weighted by Crippen LogP contribution is -2.09. The van der Waals surface area contributed by atoms with E-state index in [1.54, 1.807) is 7.11 Å². The van der Waals surface area contributed by atoms with E-state index in [1.807, 2.05) is 25.1 Å².